The zero-order valence-electron chi connectivity index (χ0n) is 15.9. The second kappa shape index (κ2) is 9.19. The fraction of sp³-hybridized carbons (Fsp3) is 0.0909. The number of nitro benzene ring substituents is 1. The third-order valence-electron chi connectivity index (χ3n) is 4.43. The number of benzene rings is 3. The monoisotopic (exact) mass is 424 g/mol. The molecule has 0 aliphatic rings. The standard InChI is InChI=1S/C22H17ClN2O5/c1-24-19-11-10-14(12-20(19)25(28)29)21(26)16-7-3-4-8-17(16)22(27)30-13-15-6-2-5-9-18(15)23/h2-12,24H,13H2,1H3. The van der Waals surface area contributed by atoms with Gasteiger partial charge in [0.2, 0.25) is 0 Å². The molecule has 0 unspecified atom stereocenters. The lowest BCUT2D eigenvalue weighted by Crippen LogP contribution is -2.13. The van der Waals surface area contributed by atoms with Crippen molar-refractivity contribution >= 4 is 34.7 Å². The summed E-state index contributed by atoms with van der Waals surface area (Å²) in [6, 6.07) is 17.2. The fourth-order valence-electron chi connectivity index (χ4n) is 2.89. The van der Waals surface area contributed by atoms with Crippen molar-refractivity contribution in [3.8, 4) is 0 Å². The van der Waals surface area contributed by atoms with Gasteiger partial charge in [-0.25, -0.2) is 4.79 Å². The summed E-state index contributed by atoms with van der Waals surface area (Å²) in [4.78, 5) is 36.3. The maximum Gasteiger partial charge on any atom is 0.339 e. The number of nitro groups is 1. The minimum atomic E-state index is -0.694. The molecule has 3 rings (SSSR count). The van der Waals surface area contributed by atoms with Gasteiger partial charge in [-0.05, 0) is 24.3 Å². The molecule has 0 spiro atoms. The van der Waals surface area contributed by atoms with E-state index in [0.29, 0.717) is 10.6 Å². The zero-order chi connectivity index (χ0) is 21.7. The average Bonchev–Trinajstić information content (AvgIpc) is 2.77. The number of carbonyl (C=O) groups is 2. The van der Waals surface area contributed by atoms with Crippen LogP contribution in [0, 0.1) is 10.1 Å². The molecule has 8 heteroatoms. The summed E-state index contributed by atoms with van der Waals surface area (Å²) in [5.74, 6) is -1.22. The van der Waals surface area contributed by atoms with E-state index in [2.05, 4.69) is 5.32 Å². The van der Waals surface area contributed by atoms with Crippen LogP contribution in [0.3, 0.4) is 0 Å². The van der Waals surface area contributed by atoms with Crippen molar-refractivity contribution in [1.29, 1.82) is 0 Å². The van der Waals surface area contributed by atoms with Gasteiger partial charge in [-0.1, -0.05) is 48.0 Å². The number of rotatable bonds is 7. The third-order valence-corrected chi connectivity index (χ3v) is 4.80. The summed E-state index contributed by atoms with van der Waals surface area (Å²) in [6.45, 7) is -0.0522. The molecule has 0 saturated heterocycles. The number of esters is 1. The molecular weight excluding hydrogens is 408 g/mol. The number of nitrogens with one attached hydrogen (secondary N) is 1. The number of carbonyl (C=O) groups excluding carboxylic acids is 2. The minimum absolute atomic E-state index is 0.0522. The van der Waals surface area contributed by atoms with E-state index in [1.165, 1.54) is 30.3 Å². The lowest BCUT2D eigenvalue weighted by molar-refractivity contribution is -0.384. The number of ketones is 1. The van der Waals surface area contributed by atoms with Crippen molar-refractivity contribution in [3.63, 3.8) is 0 Å². The Kier molecular flexibility index (Phi) is 6.44. The van der Waals surface area contributed by atoms with Crippen molar-refractivity contribution in [3.05, 3.63) is 104 Å². The summed E-state index contributed by atoms with van der Waals surface area (Å²) in [7, 11) is 1.55. The molecule has 0 amide bonds. The molecule has 3 aromatic carbocycles. The summed E-state index contributed by atoms with van der Waals surface area (Å²) < 4.78 is 5.33. The number of nitrogens with zero attached hydrogens (tertiary/aromatic N) is 1. The molecule has 0 heterocycles. The summed E-state index contributed by atoms with van der Waals surface area (Å²) in [6.07, 6.45) is 0. The highest BCUT2D eigenvalue weighted by Gasteiger charge is 2.22. The lowest BCUT2D eigenvalue weighted by atomic mass is 9.97. The van der Waals surface area contributed by atoms with Gasteiger partial charge in [0.1, 0.15) is 12.3 Å². The van der Waals surface area contributed by atoms with Crippen LogP contribution >= 0.6 is 11.6 Å². The maximum atomic E-state index is 13.0. The molecule has 7 nitrogen and oxygen atoms in total. The number of halogens is 1. The molecular formula is C22H17ClN2O5. The minimum Gasteiger partial charge on any atom is -0.457 e. The van der Waals surface area contributed by atoms with Gasteiger partial charge >= 0.3 is 5.97 Å². The molecule has 3 aromatic rings. The Hall–Kier alpha value is -3.71. The highest BCUT2D eigenvalue weighted by atomic mass is 35.5. The lowest BCUT2D eigenvalue weighted by Gasteiger charge is -2.10. The smallest absolute Gasteiger partial charge is 0.339 e. The molecule has 30 heavy (non-hydrogen) atoms. The maximum absolute atomic E-state index is 13.0. The number of ether oxygens (including phenoxy) is 1. The van der Waals surface area contributed by atoms with Gasteiger partial charge in [0.25, 0.3) is 5.69 Å². The highest BCUT2D eigenvalue weighted by Crippen LogP contribution is 2.27. The first-order valence-electron chi connectivity index (χ1n) is 8.93. The molecule has 0 aromatic heterocycles. The Morgan fingerprint density at radius 2 is 1.70 bits per heavy atom. The fourth-order valence-corrected chi connectivity index (χ4v) is 3.08. The second-order valence-corrected chi connectivity index (χ2v) is 6.69. The van der Waals surface area contributed by atoms with Crippen molar-refractivity contribution < 1.29 is 19.2 Å². The van der Waals surface area contributed by atoms with Crippen LogP contribution in [-0.2, 0) is 11.3 Å². The Morgan fingerprint density at radius 3 is 2.37 bits per heavy atom. The molecule has 0 atom stereocenters. The van der Waals surface area contributed by atoms with E-state index in [0.717, 1.165) is 0 Å². The average molecular weight is 425 g/mol. The second-order valence-electron chi connectivity index (χ2n) is 6.28. The first-order chi connectivity index (χ1) is 14.4. The molecule has 0 saturated carbocycles. The molecule has 0 bridgehead atoms. The van der Waals surface area contributed by atoms with Crippen molar-refractivity contribution in [2.24, 2.45) is 0 Å². The molecule has 0 aliphatic heterocycles. The van der Waals surface area contributed by atoms with Crippen LogP contribution in [-0.4, -0.2) is 23.7 Å². The number of hydrogen-bond acceptors (Lipinski definition) is 6. The molecule has 0 fully saturated rings. The summed E-state index contributed by atoms with van der Waals surface area (Å²) in [5.41, 5.74) is 0.927. The van der Waals surface area contributed by atoms with Crippen molar-refractivity contribution in [2.75, 3.05) is 12.4 Å². The first kappa shape index (κ1) is 21.0. The van der Waals surface area contributed by atoms with Crippen LogP contribution in [0.1, 0.15) is 31.8 Å². The van der Waals surface area contributed by atoms with Gasteiger partial charge in [0.15, 0.2) is 5.78 Å². The first-order valence-corrected chi connectivity index (χ1v) is 9.30. The van der Waals surface area contributed by atoms with E-state index in [9.17, 15) is 19.7 Å². The van der Waals surface area contributed by atoms with Gasteiger partial charge in [-0.3, -0.25) is 14.9 Å². The highest BCUT2D eigenvalue weighted by molar-refractivity contribution is 6.31. The predicted molar refractivity (Wildman–Crippen MR) is 113 cm³/mol. The van der Waals surface area contributed by atoms with Gasteiger partial charge in [-0.15, -0.1) is 0 Å². The van der Waals surface area contributed by atoms with E-state index in [4.69, 9.17) is 16.3 Å². The summed E-state index contributed by atoms with van der Waals surface area (Å²) in [5, 5.41) is 14.5. The zero-order valence-corrected chi connectivity index (χ0v) is 16.7. The van der Waals surface area contributed by atoms with Gasteiger partial charge in [-0.2, -0.15) is 0 Å². The van der Waals surface area contributed by atoms with Crippen LogP contribution in [0.15, 0.2) is 66.7 Å². The normalized spacial score (nSPS) is 10.3. The quantitative estimate of drug-likeness (QED) is 0.251. The molecule has 0 aliphatic carbocycles. The van der Waals surface area contributed by atoms with E-state index in [1.807, 2.05) is 0 Å². The largest absolute Gasteiger partial charge is 0.457 e. The Bertz CT molecular complexity index is 1130. The van der Waals surface area contributed by atoms with Crippen molar-refractivity contribution in [2.45, 2.75) is 6.61 Å². The third kappa shape index (κ3) is 4.47. The Labute approximate surface area is 177 Å². The number of hydrogen-bond donors (Lipinski definition) is 1. The van der Waals surface area contributed by atoms with Gasteiger partial charge in [0, 0.05) is 34.8 Å². The SMILES string of the molecule is CNc1ccc(C(=O)c2ccccc2C(=O)OCc2ccccc2Cl)cc1[N+](=O)[O-]. The molecule has 0 radical (unpaired) electrons. The van der Waals surface area contributed by atoms with Crippen molar-refractivity contribution in [1.82, 2.24) is 0 Å². The van der Waals surface area contributed by atoms with E-state index >= 15 is 0 Å². The number of anilines is 1. The van der Waals surface area contributed by atoms with Crippen LogP contribution in [0.25, 0.3) is 0 Å². The topological polar surface area (TPSA) is 98.5 Å². The van der Waals surface area contributed by atoms with E-state index < -0.39 is 16.7 Å². The van der Waals surface area contributed by atoms with Gasteiger partial charge < -0.3 is 10.1 Å². The van der Waals surface area contributed by atoms with Crippen LogP contribution < -0.4 is 5.32 Å². The molecule has 1 N–H and O–H groups in total. The summed E-state index contributed by atoms with van der Waals surface area (Å²) >= 11 is 6.07. The predicted octanol–water partition coefficient (Wildman–Crippen LogP) is 4.88. The van der Waals surface area contributed by atoms with Crippen LogP contribution in [0.2, 0.25) is 5.02 Å². The van der Waals surface area contributed by atoms with Gasteiger partial charge in [0.05, 0.1) is 10.5 Å². The Morgan fingerprint density at radius 1 is 1.03 bits per heavy atom. The molecule has 152 valence electrons. The van der Waals surface area contributed by atoms with Crippen LogP contribution in [0.5, 0.6) is 0 Å². The van der Waals surface area contributed by atoms with E-state index in [-0.39, 0.29) is 34.7 Å². The van der Waals surface area contributed by atoms with E-state index in [1.54, 1.807) is 43.4 Å². The van der Waals surface area contributed by atoms with Crippen LogP contribution in [0.4, 0.5) is 11.4 Å². The Balaban J connectivity index is 1.88.